The third kappa shape index (κ3) is 4.75. The predicted octanol–water partition coefficient (Wildman–Crippen LogP) is 0.625. The van der Waals surface area contributed by atoms with E-state index in [0.29, 0.717) is 5.56 Å². The molecule has 0 saturated heterocycles. The molecule has 7 heteroatoms. The Kier molecular flexibility index (Phi) is 5.76. The van der Waals surface area contributed by atoms with Crippen molar-refractivity contribution >= 4 is 17.8 Å². The van der Waals surface area contributed by atoms with Crippen LogP contribution in [0.2, 0.25) is 0 Å². The number of hydrogen-bond acceptors (Lipinski definition) is 4. The van der Waals surface area contributed by atoms with Crippen LogP contribution in [0.5, 0.6) is 0 Å². The summed E-state index contributed by atoms with van der Waals surface area (Å²) in [4.78, 5) is 34.0. The van der Waals surface area contributed by atoms with Gasteiger partial charge in [0.1, 0.15) is 12.3 Å². The minimum atomic E-state index is -1.07. The van der Waals surface area contributed by atoms with E-state index in [1.807, 2.05) is 0 Å². The van der Waals surface area contributed by atoms with Crippen LogP contribution in [0.4, 0.5) is 0 Å². The third-order valence-corrected chi connectivity index (χ3v) is 2.67. The average Bonchev–Trinajstić information content (AvgIpc) is 2.88. The Bertz CT molecular complexity index is 467. The summed E-state index contributed by atoms with van der Waals surface area (Å²) in [7, 11) is 0. The van der Waals surface area contributed by atoms with Crippen molar-refractivity contribution in [1.82, 2.24) is 10.6 Å². The topological polar surface area (TPSA) is 109 Å². The predicted molar refractivity (Wildman–Crippen MR) is 70.1 cm³/mol. The van der Waals surface area contributed by atoms with E-state index in [-0.39, 0.29) is 24.8 Å². The SMILES string of the molecule is CC(C)C(NC(=O)CCNC(=O)c1ccoc1)C(=O)O. The first-order valence-electron chi connectivity index (χ1n) is 6.24. The van der Waals surface area contributed by atoms with Gasteiger partial charge in [0.05, 0.1) is 11.8 Å². The second-order valence-electron chi connectivity index (χ2n) is 4.65. The highest BCUT2D eigenvalue weighted by Crippen LogP contribution is 2.02. The van der Waals surface area contributed by atoms with Crippen LogP contribution in [-0.4, -0.2) is 35.5 Å². The smallest absolute Gasteiger partial charge is 0.326 e. The maximum atomic E-state index is 11.6. The number of carboxylic acid groups (broad SMARTS) is 1. The molecule has 0 bridgehead atoms. The number of aliphatic carboxylic acids is 1. The van der Waals surface area contributed by atoms with Crippen molar-refractivity contribution in [2.45, 2.75) is 26.3 Å². The largest absolute Gasteiger partial charge is 0.480 e. The van der Waals surface area contributed by atoms with E-state index >= 15 is 0 Å². The van der Waals surface area contributed by atoms with Gasteiger partial charge in [0.15, 0.2) is 0 Å². The lowest BCUT2D eigenvalue weighted by atomic mass is 10.0. The molecule has 1 rings (SSSR count). The number of hydrogen-bond donors (Lipinski definition) is 3. The van der Waals surface area contributed by atoms with Crippen LogP contribution in [0, 0.1) is 5.92 Å². The summed E-state index contributed by atoms with van der Waals surface area (Å²) < 4.78 is 4.76. The van der Waals surface area contributed by atoms with Crippen LogP contribution >= 0.6 is 0 Å². The Morgan fingerprint density at radius 3 is 2.55 bits per heavy atom. The van der Waals surface area contributed by atoms with Crippen LogP contribution in [0.25, 0.3) is 0 Å². The highest BCUT2D eigenvalue weighted by atomic mass is 16.4. The van der Waals surface area contributed by atoms with E-state index in [9.17, 15) is 14.4 Å². The second kappa shape index (κ2) is 7.32. The summed E-state index contributed by atoms with van der Waals surface area (Å²) in [5, 5.41) is 13.9. The van der Waals surface area contributed by atoms with E-state index < -0.39 is 17.9 Å². The van der Waals surface area contributed by atoms with Crippen LogP contribution in [0.3, 0.4) is 0 Å². The van der Waals surface area contributed by atoms with Crippen LogP contribution in [-0.2, 0) is 9.59 Å². The summed E-state index contributed by atoms with van der Waals surface area (Å²) >= 11 is 0. The molecule has 7 nitrogen and oxygen atoms in total. The Balaban J connectivity index is 2.33. The molecule has 2 amide bonds. The van der Waals surface area contributed by atoms with Crippen molar-refractivity contribution in [2.75, 3.05) is 6.54 Å². The summed E-state index contributed by atoms with van der Waals surface area (Å²) in [6.45, 7) is 3.54. The van der Waals surface area contributed by atoms with E-state index in [1.54, 1.807) is 13.8 Å². The monoisotopic (exact) mass is 282 g/mol. The van der Waals surface area contributed by atoms with Gasteiger partial charge < -0.3 is 20.2 Å². The number of amides is 2. The molecule has 0 aliphatic rings. The second-order valence-corrected chi connectivity index (χ2v) is 4.65. The molecule has 1 heterocycles. The third-order valence-electron chi connectivity index (χ3n) is 2.67. The number of rotatable bonds is 7. The zero-order valence-electron chi connectivity index (χ0n) is 11.4. The van der Waals surface area contributed by atoms with Crippen molar-refractivity contribution in [3.8, 4) is 0 Å². The summed E-state index contributed by atoms with van der Waals surface area (Å²) in [6, 6.07) is 0.585. The zero-order chi connectivity index (χ0) is 15.1. The van der Waals surface area contributed by atoms with Crippen molar-refractivity contribution in [2.24, 2.45) is 5.92 Å². The molecular weight excluding hydrogens is 264 g/mol. The molecule has 1 aromatic heterocycles. The van der Waals surface area contributed by atoms with Gasteiger partial charge in [0, 0.05) is 13.0 Å². The molecule has 1 aromatic rings. The van der Waals surface area contributed by atoms with Gasteiger partial charge in [0.2, 0.25) is 5.91 Å². The van der Waals surface area contributed by atoms with E-state index in [1.165, 1.54) is 18.6 Å². The molecule has 0 radical (unpaired) electrons. The van der Waals surface area contributed by atoms with Gasteiger partial charge in [-0.1, -0.05) is 13.8 Å². The van der Waals surface area contributed by atoms with Gasteiger partial charge in [-0.05, 0) is 12.0 Å². The molecule has 0 saturated carbocycles. The number of nitrogens with one attached hydrogen (secondary N) is 2. The Morgan fingerprint density at radius 1 is 1.35 bits per heavy atom. The highest BCUT2D eigenvalue weighted by Gasteiger charge is 2.23. The molecule has 3 N–H and O–H groups in total. The fraction of sp³-hybridized carbons (Fsp3) is 0.462. The van der Waals surface area contributed by atoms with E-state index in [0.717, 1.165) is 0 Å². The Morgan fingerprint density at radius 2 is 2.05 bits per heavy atom. The molecule has 20 heavy (non-hydrogen) atoms. The quantitative estimate of drug-likeness (QED) is 0.679. The van der Waals surface area contributed by atoms with Crippen LogP contribution in [0.15, 0.2) is 23.0 Å². The molecule has 1 atom stereocenters. The van der Waals surface area contributed by atoms with Gasteiger partial charge in [-0.3, -0.25) is 9.59 Å². The lowest BCUT2D eigenvalue weighted by Gasteiger charge is -2.17. The fourth-order valence-corrected chi connectivity index (χ4v) is 1.54. The Labute approximate surface area is 116 Å². The standard InChI is InChI=1S/C13H18N2O5/c1-8(2)11(13(18)19)15-10(16)3-5-14-12(17)9-4-6-20-7-9/h4,6-8,11H,3,5H2,1-2H3,(H,14,17)(H,15,16)(H,18,19). The maximum absolute atomic E-state index is 11.6. The number of carbonyl (C=O) groups excluding carboxylic acids is 2. The van der Waals surface area contributed by atoms with Crippen molar-refractivity contribution in [1.29, 1.82) is 0 Å². The van der Waals surface area contributed by atoms with E-state index in [2.05, 4.69) is 10.6 Å². The lowest BCUT2D eigenvalue weighted by Crippen LogP contribution is -2.45. The summed E-state index contributed by atoms with van der Waals surface area (Å²) in [5.74, 6) is -2.04. The minimum Gasteiger partial charge on any atom is -0.480 e. The van der Waals surface area contributed by atoms with Crippen molar-refractivity contribution in [3.05, 3.63) is 24.2 Å². The molecule has 0 aromatic carbocycles. The first-order valence-corrected chi connectivity index (χ1v) is 6.24. The maximum Gasteiger partial charge on any atom is 0.326 e. The molecule has 1 unspecified atom stereocenters. The summed E-state index contributed by atoms with van der Waals surface area (Å²) in [6.07, 6.45) is 2.69. The van der Waals surface area contributed by atoms with Crippen molar-refractivity contribution < 1.29 is 23.9 Å². The van der Waals surface area contributed by atoms with E-state index in [4.69, 9.17) is 9.52 Å². The van der Waals surface area contributed by atoms with Crippen molar-refractivity contribution in [3.63, 3.8) is 0 Å². The van der Waals surface area contributed by atoms with Gasteiger partial charge in [-0.2, -0.15) is 0 Å². The van der Waals surface area contributed by atoms with Gasteiger partial charge in [0.25, 0.3) is 5.91 Å². The average molecular weight is 282 g/mol. The van der Waals surface area contributed by atoms with Gasteiger partial charge in [-0.15, -0.1) is 0 Å². The number of carboxylic acids is 1. The molecule has 0 fully saturated rings. The van der Waals surface area contributed by atoms with Gasteiger partial charge in [-0.25, -0.2) is 4.79 Å². The Hall–Kier alpha value is -2.31. The first kappa shape index (κ1) is 15.7. The molecule has 0 aliphatic heterocycles. The molecule has 110 valence electrons. The van der Waals surface area contributed by atoms with Crippen LogP contribution in [0.1, 0.15) is 30.6 Å². The lowest BCUT2D eigenvalue weighted by molar-refractivity contribution is -0.143. The number of carbonyl (C=O) groups is 3. The zero-order valence-corrected chi connectivity index (χ0v) is 11.4. The molecule has 0 spiro atoms. The molecule has 0 aliphatic carbocycles. The van der Waals surface area contributed by atoms with Gasteiger partial charge >= 0.3 is 5.97 Å². The highest BCUT2D eigenvalue weighted by molar-refractivity contribution is 5.94. The fourth-order valence-electron chi connectivity index (χ4n) is 1.54. The molecular formula is C13H18N2O5. The minimum absolute atomic E-state index is 0.0140. The number of furan rings is 1. The summed E-state index contributed by atoms with van der Waals surface area (Å²) in [5.41, 5.74) is 0.371. The van der Waals surface area contributed by atoms with Crippen LogP contribution < -0.4 is 10.6 Å². The normalized spacial score (nSPS) is 11.9. The first-order chi connectivity index (χ1) is 9.41.